The minimum Gasteiger partial charge on any atom is -0.497 e. The fourth-order valence-corrected chi connectivity index (χ4v) is 2.92. The summed E-state index contributed by atoms with van der Waals surface area (Å²) in [5.41, 5.74) is 0.260. The fourth-order valence-electron chi connectivity index (χ4n) is 2.92. The number of ether oxygens (including phenoxy) is 1. The summed E-state index contributed by atoms with van der Waals surface area (Å²) in [6, 6.07) is 8.96. The number of para-hydroxylation sites is 1. The predicted molar refractivity (Wildman–Crippen MR) is 91.0 cm³/mol. The number of carbonyl (C=O) groups is 2. The molecule has 0 aromatic heterocycles. The fraction of sp³-hybridized carbons (Fsp3) is 0.222. The smallest absolute Gasteiger partial charge is 0.319 e. The number of hydrogen-bond acceptors (Lipinski definition) is 3. The van der Waals surface area contributed by atoms with Crippen LogP contribution in [0.5, 0.6) is 5.75 Å². The molecule has 2 atom stereocenters. The van der Waals surface area contributed by atoms with Crippen molar-refractivity contribution in [2.24, 2.45) is 0 Å². The van der Waals surface area contributed by atoms with Gasteiger partial charge in [-0.1, -0.05) is 18.2 Å². The van der Waals surface area contributed by atoms with E-state index in [1.54, 1.807) is 30.3 Å². The Labute approximate surface area is 148 Å². The average molecular weight is 361 g/mol. The third-order valence-electron chi connectivity index (χ3n) is 4.16. The van der Waals surface area contributed by atoms with Crippen LogP contribution in [0.1, 0.15) is 11.5 Å². The van der Waals surface area contributed by atoms with E-state index in [0.29, 0.717) is 5.69 Å². The molecule has 1 heterocycles. The van der Waals surface area contributed by atoms with Crippen LogP contribution in [0.3, 0.4) is 0 Å². The van der Waals surface area contributed by atoms with E-state index in [1.165, 1.54) is 7.11 Å². The number of urea groups is 1. The monoisotopic (exact) mass is 361 g/mol. The summed E-state index contributed by atoms with van der Waals surface area (Å²) in [6.07, 6.45) is 0. The van der Waals surface area contributed by atoms with Gasteiger partial charge in [-0.05, 0) is 12.1 Å². The van der Waals surface area contributed by atoms with Crippen LogP contribution >= 0.6 is 0 Å². The summed E-state index contributed by atoms with van der Waals surface area (Å²) in [5, 5.41) is 7.58. The maximum absolute atomic E-state index is 14.3. The number of benzene rings is 2. The Morgan fingerprint density at radius 1 is 1.19 bits per heavy atom. The van der Waals surface area contributed by atoms with Gasteiger partial charge in [0.2, 0.25) is 5.91 Å². The Bertz CT molecular complexity index is 807. The molecule has 0 saturated carbocycles. The molecule has 26 heavy (non-hydrogen) atoms. The molecule has 2 aromatic carbocycles. The molecule has 2 aromatic rings. The Morgan fingerprint density at radius 3 is 2.46 bits per heavy atom. The van der Waals surface area contributed by atoms with Crippen molar-refractivity contribution in [3.63, 3.8) is 0 Å². The van der Waals surface area contributed by atoms with Gasteiger partial charge in [0.1, 0.15) is 23.4 Å². The van der Waals surface area contributed by atoms with Gasteiger partial charge in [-0.3, -0.25) is 4.79 Å². The third-order valence-corrected chi connectivity index (χ3v) is 4.16. The first-order valence-corrected chi connectivity index (χ1v) is 7.93. The molecule has 0 bridgehead atoms. The van der Waals surface area contributed by atoms with Crippen LogP contribution in [0.2, 0.25) is 0 Å². The van der Waals surface area contributed by atoms with Crippen LogP contribution in [0.4, 0.5) is 19.3 Å². The Kier molecular flexibility index (Phi) is 5.01. The summed E-state index contributed by atoms with van der Waals surface area (Å²) in [5.74, 6) is -3.02. The van der Waals surface area contributed by atoms with E-state index in [1.807, 2.05) is 0 Å². The van der Waals surface area contributed by atoms with Crippen molar-refractivity contribution in [3.05, 3.63) is 59.7 Å². The maximum atomic E-state index is 14.3. The lowest BCUT2D eigenvalue weighted by Crippen LogP contribution is -2.45. The number of nitrogens with one attached hydrogen (secondary N) is 3. The molecule has 1 saturated heterocycles. The van der Waals surface area contributed by atoms with Crippen molar-refractivity contribution >= 4 is 17.6 Å². The molecule has 3 N–H and O–H groups in total. The lowest BCUT2D eigenvalue weighted by molar-refractivity contribution is -0.120. The largest absolute Gasteiger partial charge is 0.497 e. The standard InChI is InChI=1S/C18H17F2N3O3/c1-26-11-7-13(19)15(14(20)8-11)12-9-21-17(24)16(12)23-18(25)22-10-5-3-2-4-6-10/h2-8,12,16H,9H2,1H3,(H,21,24)(H2,22,23,25)/t12-,16-/m1/s1. The van der Waals surface area contributed by atoms with Gasteiger partial charge in [0, 0.05) is 35.8 Å². The van der Waals surface area contributed by atoms with E-state index < -0.39 is 35.5 Å². The molecule has 136 valence electrons. The second-order valence-corrected chi connectivity index (χ2v) is 5.80. The number of amides is 3. The summed E-state index contributed by atoms with van der Waals surface area (Å²) in [6.45, 7) is 0.00921. The van der Waals surface area contributed by atoms with Crippen molar-refractivity contribution in [3.8, 4) is 5.75 Å². The average Bonchev–Trinajstić information content (AvgIpc) is 2.95. The molecule has 6 nitrogen and oxygen atoms in total. The number of hydrogen-bond donors (Lipinski definition) is 3. The van der Waals surface area contributed by atoms with Crippen LogP contribution in [0, 0.1) is 11.6 Å². The highest BCUT2D eigenvalue weighted by atomic mass is 19.1. The molecule has 1 aliphatic heterocycles. The Balaban J connectivity index is 1.80. The van der Waals surface area contributed by atoms with E-state index in [2.05, 4.69) is 16.0 Å². The molecule has 0 radical (unpaired) electrons. The molecule has 3 rings (SSSR count). The van der Waals surface area contributed by atoms with Crippen molar-refractivity contribution in [2.45, 2.75) is 12.0 Å². The number of rotatable bonds is 4. The quantitative estimate of drug-likeness (QED) is 0.782. The second kappa shape index (κ2) is 7.38. The lowest BCUT2D eigenvalue weighted by atomic mass is 9.93. The first-order chi connectivity index (χ1) is 12.5. The third kappa shape index (κ3) is 3.58. The predicted octanol–water partition coefficient (Wildman–Crippen LogP) is 2.38. The number of methoxy groups -OCH3 is 1. The minimum atomic E-state index is -1.10. The van der Waals surface area contributed by atoms with E-state index in [0.717, 1.165) is 12.1 Å². The number of anilines is 1. The zero-order valence-electron chi connectivity index (χ0n) is 13.9. The highest BCUT2D eigenvalue weighted by Crippen LogP contribution is 2.31. The Hall–Kier alpha value is -3.16. The van der Waals surface area contributed by atoms with E-state index in [-0.39, 0.29) is 17.9 Å². The lowest BCUT2D eigenvalue weighted by Gasteiger charge is -2.20. The van der Waals surface area contributed by atoms with E-state index in [9.17, 15) is 18.4 Å². The maximum Gasteiger partial charge on any atom is 0.319 e. The van der Waals surface area contributed by atoms with Crippen molar-refractivity contribution in [2.75, 3.05) is 19.0 Å². The Morgan fingerprint density at radius 2 is 1.85 bits per heavy atom. The zero-order chi connectivity index (χ0) is 18.7. The molecular formula is C18H17F2N3O3. The second-order valence-electron chi connectivity index (χ2n) is 5.80. The number of halogens is 2. The van der Waals surface area contributed by atoms with Crippen molar-refractivity contribution < 1.29 is 23.1 Å². The van der Waals surface area contributed by atoms with Gasteiger partial charge in [-0.25, -0.2) is 13.6 Å². The van der Waals surface area contributed by atoms with Crippen molar-refractivity contribution in [1.82, 2.24) is 10.6 Å². The van der Waals surface area contributed by atoms with Gasteiger partial charge in [0.15, 0.2) is 0 Å². The van der Waals surface area contributed by atoms with Crippen LogP contribution in [0.15, 0.2) is 42.5 Å². The number of carbonyl (C=O) groups excluding carboxylic acids is 2. The van der Waals surface area contributed by atoms with Gasteiger partial charge >= 0.3 is 6.03 Å². The molecule has 1 fully saturated rings. The van der Waals surface area contributed by atoms with Crippen LogP contribution < -0.4 is 20.7 Å². The van der Waals surface area contributed by atoms with Gasteiger partial charge in [-0.2, -0.15) is 0 Å². The SMILES string of the molecule is COc1cc(F)c([C@H]2CNC(=O)[C@@H]2NC(=O)Nc2ccccc2)c(F)c1. The summed E-state index contributed by atoms with van der Waals surface area (Å²) in [4.78, 5) is 24.2. The normalized spacial score (nSPS) is 19.0. The molecule has 3 amide bonds. The van der Waals surface area contributed by atoms with Crippen LogP contribution in [0.25, 0.3) is 0 Å². The first kappa shape index (κ1) is 17.7. The minimum absolute atomic E-state index is 0.00921. The molecule has 0 spiro atoms. The summed E-state index contributed by atoms with van der Waals surface area (Å²) >= 11 is 0. The van der Waals surface area contributed by atoms with Crippen LogP contribution in [-0.2, 0) is 4.79 Å². The van der Waals surface area contributed by atoms with E-state index >= 15 is 0 Å². The van der Waals surface area contributed by atoms with Gasteiger partial charge in [0.25, 0.3) is 0 Å². The summed E-state index contributed by atoms with van der Waals surface area (Å²) < 4.78 is 33.5. The van der Waals surface area contributed by atoms with E-state index in [4.69, 9.17) is 4.74 Å². The van der Waals surface area contributed by atoms with Crippen molar-refractivity contribution in [1.29, 1.82) is 0 Å². The highest BCUT2D eigenvalue weighted by Gasteiger charge is 2.40. The first-order valence-electron chi connectivity index (χ1n) is 7.93. The van der Waals surface area contributed by atoms with Crippen LogP contribution in [-0.4, -0.2) is 31.6 Å². The molecule has 1 aliphatic rings. The molecule has 0 aliphatic carbocycles. The molecular weight excluding hydrogens is 344 g/mol. The topological polar surface area (TPSA) is 79.5 Å². The molecule has 0 unspecified atom stereocenters. The highest BCUT2D eigenvalue weighted by molar-refractivity contribution is 5.95. The van der Waals surface area contributed by atoms with Gasteiger partial charge in [0.05, 0.1) is 7.11 Å². The van der Waals surface area contributed by atoms with Gasteiger partial charge < -0.3 is 20.7 Å². The summed E-state index contributed by atoms with van der Waals surface area (Å²) in [7, 11) is 1.30. The zero-order valence-corrected chi connectivity index (χ0v) is 13.9. The molecule has 8 heteroatoms. The van der Waals surface area contributed by atoms with Gasteiger partial charge in [-0.15, -0.1) is 0 Å².